The van der Waals surface area contributed by atoms with E-state index in [1.165, 1.54) is 12.3 Å². The molecule has 106 valence electrons. The van der Waals surface area contributed by atoms with Crippen LogP contribution in [-0.4, -0.2) is 28.8 Å². The van der Waals surface area contributed by atoms with Crippen molar-refractivity contribution in [1.82, 2.24) is 4.98 Å². The standard InChI is InChI=1S/C13H10F3NO3/c14-13(15,16)10(12(18)19)7-20-9-5-8-3-1-2-4-11(8)17-6-9/h1-6,10H,7H2,(H,18,19). The van der Waals surface area contributed by atoms with E-state index in [0.29, 0.717) is 10.9 Å². The average molecular weight is 285 g/mol. The number of para-hydroxylation sites is 1. The third-order valence-electron chi connectivity index (χ3n) is 2.68. The SMILES string of the molecule is O=C(O)C(COc1cnc2ccccc2c1)C(F)(F)F. The molecule has 2 rings (SSSR count). The average Bonchev–Trinajstić information content (AvgIpc) is 2.36. The van der Waals surface area contributed by atoms with Crippen LogP contribution in [0.1, 0.15) is 0 Å². The maximum absolute atomic E-state index is 12.5. The molecule has 1 aromatic carbocycles. The first-order valence-electron chi connectivity index (χ1n) is 5.65. The van der Waals surface area contributed by atoms with Gasteiger partial charge >= 0.3 is 12.1 Å². The Morgan fingerprint density at radius 2 is 2.05 bits per heavy atom. The molecular formula is C13H10F3NO3. The number of rotatable bonds is 4. The molecule has 0 radical (unpaired) electrons. The monoisotopic (exact) mass is 285 g/mol. The Morgan fingerprint density at radius 3 is 2.70 bits per heavy atom. The van der Waals surface area contributed by atoms with Crippen molar-refractivity contribution in [3.63, 3.8) is 0 Å². The molecule has 1 atom stereocenters. The molecule has 7 heteroatoms. The van der Waals surface area contributed by atoms with E-state index in [-0.39, 0.29) is 5.75 Å². The normalized spacial score (nSPS) is 13.2. The van der Waals surface area contributed by atoms with E-state index in [1.54, 1.807) is 24.3 Å². The van der Waals surface area contributed by atoms with Gasteiger partial charge in [-0.3, -0.25) is 9.78 Å². The fourth-order valence-corrected chi connectivity index (χ4v) is 1.62. The zero-order valence-electron chi connectivity index (χ0n) is 10.1. The van der Waals surface area contributed by atoms with E-state index in [9.17, 15) is 18.0 Å². The Labute approximate surface area is 111 Å². The number of halogens is 3. The summed E-state index contributed by atoms with van der Waals surface area (Å²) in [6.45, 7) is -0.987. The molecule has 1 unspecified atom stereocenters. The lowest BCUT2D eigenvalue weighted by Gasteiger charge is -2.16. The van der Waals surface area contributed by atoms with Gasteiger partial charge < -0.3 is 9.84 Å². The fourth-order valence-electron chi connectivity index (χ4n) is 1.62. The molecule has 0 aliphatic heterocycles. The lowest BCUT2D eigenvalue weighted by molar-refractivity contribution is -0.198. The number of hydrogen-bond donors (Lipinski definition) is 1. The third kappa shape index (κ3) is 3.17. The quantitative estimate of drug-likeness (QED) is 0.938. The van der Waals surface area contributed by atoms with Crippen LogP contribution in [0, 0.1) is 5.92 Å². The van der Waals surface area contributed by atoms with Crippen molar-refractivity contribution >= 4 is 16.9 Å². The van der Waals surface area contributed by atoms with Gasteiger partial charge in [-0.1, -0.05) is 18.2 Å². The van der Waals surface area contributed by atoms with Gasteiger partial charge in [-0.05, 0) is 12.1 Å². The van der Waals surface area contributed by atoms with Crippen LogP contribution < -0.4 is 4.74 Å². The lowest BCUT2D eigenvalue weighted by Crippen LogP contribution is -2.35. The number of carboxylic acid groups (broad SMARTS) is 1. The molecule has 0 saturated heterocycles. The minimum Gasteiger partial charge on any atom is -0.491 e. The molecule has 4 nitrogen and oxygen atoms in total. The van der Waals surface area contributed by atoms with Crippen molar-refractivity contribution in [2.75, 3.05) is 6.61 Å². The van der Waals surface area contributed by atoms with Gasteiger partial charge in [-0.25, -0.2) is 0 Å². The Morgan fingerprint density at radius 1 is 1.35 bits per heavy atom. The molecule has 0 aliphatic carbocycles. The smallest absolute Gasteiger partial charge is 0.405 e. The number of aromatic nitrogens is 1. The number of pyridine rings is 1. The summed E-state index contributed by atoms with van der Waals surface area (Å²) in [5.74, 6) is -4.43. The molecule has 1 heterocycles. The molecule has 0 fully saturated rings. The highest BCUT2D eigenvalue weighted by atomic mass is 19.4. The van der Waals surface area contributed by atoms with Crippen LogP contribution in [0.25, 0.3) is 10.9 Å². The number of ether oxygens (including phenoxy) is 1. The second-order valence-corrected chi connectivity index (χ2v) is 4.11. The van der Waals surface area contributed by atoms with Gasteiger partial charge in [0.25, 0.3) is 0 Å². The van der Waals surface area contributed by atoms with Crippen LogP contribution in [0.15, 0.2) is 36.5 Å². The predicted molar refractivity (Wildman–Crippen MR) is 64.4 cm³/mol. The Bertz CT molecular complexity index is 628. The topological polar surface area (TPSA) is 59.4 Å². The summed E-state index contributed by atoms with van der Waals surface area (Å²) < 4.78 is 42.3. The minimum atomic E-state index is -4.85. The van der Waals surface area contributed by atoms with Gasteiger partial charge in [-0.2, -0.15) is 13.2 Å². The predicted octanol–water partition coefficient (Wildman–Crippen LogP) is 2.88. The van der Waals surface area contributed by atoms with Gasteiger partial charge in [0.2, 0.25) is 0 Å². The molecule has 1 N–H and O–H groups in total. The zero-order valence-corrected chi connectivity index (χ0v) is 10.1. The molecule has 0 aliphatic rings. The number of carbonyl (C=O) groups is 1. The van der Waals surface area contributed by atoms with Crippen LogP contribution >= 0.6 is 0 Å². The number of alkyl halides is 3. The summed E-state index contributed by atoms with van der Waals surface area (Å²) in [7, 11) is 0. The third-order valence-corrected chi connectivity index (χ3v) is 2.68. The first kappa shape index (κ1) is 14.1. The summed E-state index contributed by atoms with van der Waals surface area (Å²) in [6, 6.07) is 8.52. The zero-order chi connectivity index (χ0) is 14.8. The lowest BCUT2D eigenvalue weighted by atomic mass is 10.1. The molecular weight excluding hydrogens is 275 g/mol. The van der Waals surface area contributed by atoms with Crippen LogP contribution in [-0.2, 0) is 4.79 Å². The van der Waals surface area contributed by atoms with Gasteiger partial charge in [0.1, 0.15) is 12.4 Å². The Hall–Kier alpha value is -2.31. The Kier molecular flexibility index (Phi) is 3.78. The van der Waals surface area contributed by atoms with E-state index in [2.05, 4.69) is 4.98 Å². The van der Waals surface area contributed by atoms with Crippen molar-refractivity contribution in [3.8, 4) is 5.75 Å². The van der Waals surface area contributed by atoms with Gasteiger partial charge in [0.15, 0.2) is 5.92 Å². The van der Waals surface area contributed by atoms with Crippen LogP contribution in [0.2, 0.25) is 0 Å². The number of benzene rings is 1. The number of fused-ring (bicyclic) bond motifs is 1. The molecule has 20 heavy (non-hydrogen) atoms. The molecule has 0 spiro atoms. The summed E-state index contributed by atoms with van der Waals surface area (Å²) >= 11 is 0. The van der Waals surface area contributed by atoms with E-state index >= 15 is 0 Å². The Balaban J connectivity index is 2.14. The summed E-state index contributed by atoms with van der Waals surface area (Å²) in [5, 5.41) is 9.24. The summed E-state index contributed by atoms with van der Waals surface area (Å²) in [6.07, 6.45) is -3.59. The van der Waals surface area contributed by atoms with Crippen molar-refractivity contribution in [3.05, 3.63) is 36.5 Å². The second-order valence-electron chi connectivity index (χ2n) is 4.11. The molecule has 1 aromatic heterocycles. The van der Waals surface area contributed by atoms with Crippen molar-refractivity contribution in [2.24, 2.45) is 5.92 Å². The second kappa shape index (κ2) is 5.36. The van der Waals surface area contributed by atoms with Gasteiger partial charge in [0, 0.05) is 5.39 Å². The van der Waals surface area contributed by atoms with Gasteiger partial charge in [-0.15, -0.1) is 0 Å². The number of carboxylic acids is 1. The van der Waals surface area contributed by atoms with Crippen LogP contribution in [0.5, 0.6) is 5.75 Å². The molecule has 0 amide bonds. The van der Waals surface area contributed by atoms with Crippen molar-refractivity contribution < 1.29 is 27.8 Å². The van der Waals surface area contributed by atoms with E-state index in [1.807, 2.05) is 0 Å². The number of nitrogens with zero attached hydrogens (tertiary/aromatic N) is 1. The maximum Gasteiger partial charge on any atom is 0.405 e. The van der Waals surface area contributed by atoms with Crippen LogP contribution in [0.4, 0.5) is 13.2 Å². The van der Waals surface area contributed by atoms with E-state index < -0.39 is 24.7 Å². The van der Waals surface area contributed by atoms with E-state index in [0.717, 1.165) is 0 Å². The highest BCUT2D eigenvalue weighted by molar-refractivity contribution is 5.79. The highest BCUT2D eigenvalue weighted by Crippen LogP contribution is 2.27. The number of hydrogen-bond acceptors (Lipinski definition) is 3. The maximum atomic E-state index is 12.5. The fraction of sp³-hybridized carbons (Fsp3) is 0.231. The highest BCUT2D eigenvalue weighted by Gasteiger charge is 2.45. The number of aliphatic carboxylic acids is 1. The van der Waals surface area contributed by atoms with Crippen molar-refractivity contribution in [2.45, 2.75) is 6.18 Å². The summed E-state index contributed by atoms with van der Waals surface area (Å²) in [4.78, 5) is 14.6. The van der Waals surface area contributed by atoms with Crippen molar-refractivity contribution in [1.29, 1.82) is 0 Å². The molecule has 0 bridgehead atoms. The molecule has 0 saturated carbocycles. The minimum absolute atomic E-state index is 0.0965. The summed E-state index contributed by atoms with van der Waals surface area (Å²) in [5.41, 5.74) is 0.672. The first-order chi connectivity index (χ1) is 9.38. The van der Waals surface area contributed by atoms with E-state index in [4.69, 9.17) is 9.84 Å². The van der Waals surface area contributed by atoms with Gasteiger partial charge in [0.05, 0.1) is 11.7 Å². The van der Waals surface area contributed by atoms with Crippen LogP contribution in [0.3, 0.4) is 0 Å². The first-order valence-corrected chi connectivity index (χ1v) is 5.65. The molecule has 2 aromatic rings. The largest absolute Gasteiger partial charge is 0.491 e.